The Bertz CT molecular complexity index is 218. The van der Waals surface area contributed by atoms with Crippen LogP contribution in [0.4, 0.5) is 0 Å². The second kappa shape index (κ2) is 4.13. The van der Waals surface area contributed by atoms with Gasteiger partial charge in [-0.15, -0.1) is 11.3 Å². The summed E-state index contributed by atoms with van der Waals surface area (Å²) in [5.41, 5.74) is 0. The van der Waals surface area contributed by atoms with E-state index in [0.717, 1.165) is 17.8 Å². The highest BCUT2D eigenvalue weighted by atomic mass is 32.1. The minimum absolute atomic E-state index is 0.0121. The molecule has 0 fully saturated rings. The molecule has 0 aliphatic heterocycles. The van der Waals surface area contributed by atoms with Crippen molar-refractivity contribution in [3.05, 3.63) is 22.4 Å². The summed E-state index contributed by atoms with van der Waals surface area (Å²) >= 11 is 1.34. The maximum atomic E-state index is 11.1. The molecule has 1 rings (SSSR count). The molecule has 59 valence electrons. The van der Waals surface area contributed by atoms with Gasteiger partial charge in [-0.25, -0.2) is 0 Å². The SMILES string of the molecule is CCCNC(=O)c1cc[c]s1. The van der Waals surface area contributed by atoms with Gasteiger partial charge in [0.25, 0.3) is 5.91 Å². The third-order valence-electron chi connectivity index (χ3n) is 1.23. The van der Waals surface area contributed by atoms with Crippen molar-refractivity contribution in [3.8, 4) is 0 Å². The fourth-order valence-corrected chi connectivity index (χ4v) is 1.25. The Morgan fingerprint density at radius 1 is 1.82 bits per heavy atom. The fourth-order valence-electron chi connectivity index (χ4n) is 0.689. The van der Waals surface area contributed by atoms with E-state index in [9.17, 15) is 4.79 Å². The van der Waals surface area contributed by atoms with Gasteiger partial charge in [0.05, 0.1) is 4.88 Å². The van der Waals surface area contributed by atoms with E-state index in [1.165, 1.54) is 11.3 Å². The lowest BCUT2D eigenvalue weighted by molar-refractivity contribution is 0.0957. The van der Waals surface area contributed by atoms with Gasteiger partial charge in [-0.05, 0) is 18.6 Å². The molecule has 1 heterocycles. The fraction of sp³-hybridized carbons (Fsp3) is 0.375. The molecule has 2 nitrogen and oxygen atoms in total. The Hall–Kier alpha value is -0.830. The molecule has 0 aliphatic carbocycles. The number of thiophene rings is 1. The average Bonchev–Trinajstić information content (AvgIpc) is 2.52. The number of hydrogen-bond donors (Lipinski definition) is 1. The molecule has 11 heavy (non-hydrogen) atoms. The molecule has 0 aromatic carbocycles. The number of hydrogen-bond acceptors (Lipinski definition) is 2. The van der Waals surface area contributed by atoms with Crippen LogP contribution in [0.5, 0.6) is 0 Å². The Morgan fingerprint density at radius 2 is 2.64 bits per heavy atom. The van der Waals surface area contributed by atoms with E-state index in [1.807, 2.05) is 6.92 Å². The van der Waals surface area contributed by atoms with Gasteiger partial charge in [0.15, 0.2) is 0 Å². The molecule has 0 atom stereocenters. The molecule has 1 N–H and O–H groups in total. The number of nitrogens with one attached hydrogen (secondary N) is 1. The second-order valence-electron chi connectivity index (χ2n) is 2.17. The van der Waals surface area contributed by atoms with Crippen molar-refractivity contribution >= 4 is 17.2 Å². The molecule has 0 saturated heterocycles. The summed E-state index contributed by atoms with van der Waals surface area (Å²) in [6.07, 6.45) is 0.973. The monoisotopic (exact) mass is 168 g/mol. The summed E-state index contributed by atoms with van der Waals surface area (Å²) in [4.78, 5) is 11.9. The van der Waals surface area contributed by atoms with Crippen molar-refractivity contribution in [2.24, 2.45) is 0 Å². The highest BCUT2D eigenvalue weighted by Gasteiger charge is 2.03. The standard InChI is InChI=1S/C8H10NOS/c1-2-5-9-8(10)7-4-3-6-11-7/h3-4H,2,5H2,1H3,(H,9,10). The van der Waals surface area contributed by atoms with Gasteiger partial charge in [-0.3, -0.25) is 4.79 Å². The number of amides is 1. The largest absolute Gasteiger partial charge is 0.351 e. The third-order valence-corrected chi connectivity index (χ3v) is 2.03. The van der Waals surface area contributed by atoms with Crippen molar-refractivity contribution in [2.45, 2.75) is 13.3 Å². The first-order chi connectivity index (χ1) is 5.34. The number of carbonyl (C=O) groups is 1. The zero-order valence-corrected chi connectivity index (χ0v) is 7.20. The van der Waals surface area contributed by atoms with Crippen LogP contribution in [0.1, 0.15) is 23.0 Å². The Kier molecular flexibility index (Phi) is 3.11. The van der Waals surface area contributed by atoms with Gasteiger partial charge in [0.1, 0.15) is 0 Å². The maximum Gasteiger partial charge on any atom is 0.261 e. The van der Waals surface area contributed by atoms with Crippen molar-refractivity contribution < 1.29 is 4.79 Å². The first-order valence-electron chi connectivity index (χ1n) is 3.58. The van der Waals surface area contributed by atoms with Crippen LogP contribution >= 0.6 is 11.3 Å². The lowest BCUT2D eigenvalue weighted by atomic mass is 10.4. The van der Waals surface area contributed by atoms with Crippen LogP contribution in [0, 0.1) is 5.38 Å². The molecule has 0 bridgehead atoms. The third kappa shape index (κ3) is 2.35. The van der Waals surface area contributed by atoms with Gasteiger partial charge in [-0.2, -0.15) is 0 Å². The van der Waals surface area contributed by atoms with E-state index in [1.54, 1.807) is 12.1 Å². The van der Waals surface area contributed by atoms with Crippen LogP contribution < -0.4 is 5.32 Å². The normalized spacial score (nSPS) is 9.55. The highest BCUT2D eigenvalue weighted by Crippen LogP contribution is 2.06. The van der Waals surface area contributed by atoms with E-state index in [0.29, 0.717) is 0 Å². The number of carbonyl (C=O) groups excluding carboxylic acids is 1. The molecule has 0 saturated carbocycles. The molecule has 0 aliphatic rings. The maximum absolute atomic E-state index is 11.1. The topological polar surface area (TPSA) is 29.1 Å². The molecular formula is C8H10NOS. The van der Waals surface area contributed by atoms with Crippen LogP contribution in [-0.2, 0) is 0 Å². The summed E-state index contributed by atoms with van der Waals surface area (Å²) in [5.74, 6) is 0.0121. The van der Waals surface area contributed by atoms with E-state index in [4.69, 9.17) is 0 Å². The molecule has 1 radical (unpaired) electrons. The number of rotatable bonds is 3. The zero-order chi connectivity index (χ0) is 8.10. The van der Waals surface area contributed by atoms with Crippen LogP contribution in [0.3, 0.4) is 0 Å². The highest BCUT2D eigenvalue weighted by molar-refractivity contribution is 7.11. The van der Waals surface area contributed by atoms with Crippen LogP contribution in [0.25, 0.3) is 0 Å². The smallest absolute Gasteiger partial charge is 0.261 e. The van der Waals surface area contributed by atoms with Crippen LogP contribution in [0.2, 0.25) is 0 Å². The van der Waals surface area contributed by atoms with E-state index in [-0.39, 0.29) is 5.91 Å². The van der Waals surface area contributed by atoms with Crippen molar-refractivity contribution in [3.63, 3.8) is 0 Å². The summed E-state index contributed by atoms with van der Waals surface area (Å²) in [6.45, 7) is 2.78. The molecule has 0 unspecified atom stereocenters. The van der Waals surface area contributed by atoms with Gasteiger partial charge in [-0.1, -0.05) is 6.92 Å². The molecular weight excluding hydrogens is 158 g/mol. The van der Waals surface area contributed by atoms with Crippen molar-refractivity contribution in [1.29, 1.82) is 0 Å². The van der Waals surface area contributed by atoms with Gasteiger partial charge < -0.3 is 5.32 Å². The second-order valence-corrected chi connectivity index (χ2v) is 3.05. The van der Waals surface area contributed by atoms with Gasteiger partial charge in [0, 0.05) is 11.9 Å². The summed E-state index contributed by atoms with van der Waals surface area (Å²) in [5, 5.41) is 5.65. The van der Waals surface area contributed by atoms with Gasteiger partial charge >= 0.3 is 0 Å². The Balaban J connectivity index is 2.43. The first kappa shape index (κ1) is 8.27. The molecule has 0 spiro atoms. The van der Waals surface area contributed by atoms with E-state index < -0.39 is 0 Å². The van der Waals surface area contributed by atoms with Crippen LogP contribution in [0.15, 0.2) is 12.1 Å². The Labute approximate surface area is 70.2 Å². The Morgan fingerprint density at radius 3 is 3.18 bits per heavy atom. The predicted octanol–water partition coefficient (Wildman–Crippen LogP) is 1.69. The van der Waals surface area contributed by atoms with Gasteiger partial charge in [0.2, 0.25) is 0 Å². The molecule has 1 aromatic heterocycles. The predicted molar refractivity (Wildman–Crippen MR) is 45.8 cm³/mol. The minimum Gasteiger partial charge on any atom is -0.351 e. The first-order valence-corrected chi connectivity index (χ1v) is 4.40. The molecule has 3 heteroatoms. The minimum atomic E-state index is 0.0121. The van der Waals surface area contributed by atoms with E-state index >= 15 is 0 Å². The van der Waals surface area contributed by atoms with E-state index in [2.05, 4.69) is 10.7 Å². The van der Waals surface area contributed by atoms with Crippen molar-refractivity contribution in [1.82, 2.24) is 5.32 Å². The lowest BCUT2D eigenvalue weighted by Crippen LogP contribution is -2.22. The van der Waals surface area contributed by atoms with Crippen molar-refractivity contribution in [2.75, 3.05) is 6.54 Å². The summed E-state index contributed by atoms with van der Waals surface area (Å²) in [6, 6.07) is 3.53. The average molecular weight is 168 g/mol. The summed E-state index contributed by atoms with van der Waals surface area (Å²) < 4.78 is 0. The molecule has 1 amide bonds. The lowest BCUT2D eigenvalue weighted by Gasteiger charge is -1.98. The molecule has 1 aromatic rings. The quantitative estimate of drug-likeness (QED) is 0.731. The van der Waals surface area contributed by atoms with Crippen LogP contribution in [-0.4, -0.2) is 12.5 Å². The zero-order valence-electron chi connectivity index (χ0n) is 6.39. The summed E-state index contributed by atoms with van der Waals surface area (Å²) in [7, 11) is 0.